The summed E-state index contributed by atoms with van der Waals surface area (Å²) in [4.78, 5) is 70.1. The van der Waals surface area contributed by atoms with Crippen LogP contribution in [0.4, 0.5) is 0 Å². The van der Waals surface area contributed by atoms with E-state index in [9.17, 15) is 28.8 Å². The second kappa shape index (κ2) is 10.9. The van der Waals surface area contributed by atoms with Gasteiger partial charge in [0.1, 0.15) is 11.5 Å². The van der Waals surface area contributed by atoms with Gasteiger partial charge in [-0.05, 0) is 49.2 Å². The van der Waals surface area contributed by atoms with Crippen molar-refractivity contribution >= 4 is 35.8 Å². The molecule has 0 N–H and O–H groups in total. The normalized spacial score (nSPS) is 13.7. The molecule has 0 unspecified atom stereocenters. The van der Waals surface area contributed by atoms with E-state index in [1.807, 2.05) is 0 Å². The predicted molar refractivity (Wildman–Crippen MR) is 121 cm³/mol. The van der Waals surface area contributed by atoms with Crippen molar-refractivity contribution in [1.29, 1.82) is 0 Å². The van der Waals surface area contributed by atoms with Crippen LogP contribution in [0.25, 0.3) is 0 Å². The van der Waals surface area contributed by atoms with Crippen LogP contribution in [0.3, 0.4) is 0 Å². The smallest absolute Gasteiger partial charge is 0.347 e. The number of hydrogen-bond donors (Lipinski definition) is 0. The Kier molecular flexibility index (Phi) is 7.53. The van der Waals surface area contributed by atoms with Gasteiger partial charge in [-0.3, -0.25) is 9.59 Å². The first-order valence-corrected chi connectivity index (χ1v) is 11.5. The van der Waals surface area contributed by atoms with E-state index < -0.39 is 35.8 Å². The van der Waals surface area contributed by atoms with Crippen molar-refractivity contribution < 1.29 is 47.7 Å². The number of rotatable bonds is 11. The van der Waals surface area contributed by atoms with Crippen LogP contribution in [0.5, 0.6) is 11.5 Å². The molecule has 0 aliphatic carbocycles. The molecule has 0 saturated heterocycles. The van der Waals surface area contributed by atoms with Crippen LogP contribution in [-0.4, -0.2) is 35.8 Å². The van der Waals surface area contributed by atoms with Gasteiger partial charge in [0.25, 0.3) is 0 Å². The summed E-state index contributed by atoms with van der Waals surface area (Å²) < 4.78 is 19.5. The number of carbonyl (C=O) groups is 6. The average Bonchev–Trinajstić information content (AvgIpc) is 3.29. The van der Waals surface area contributed by atoms with E-state index in [4.69, 9.17) is 9.47 Å². The number of unbranched alkanes of at least 4 members (excludes halogenated alkanes) is 5. The van der Waals surface area contributed by atoms with Crippen molar-refractivity contribution in [3.8, 4) is 11.5 Å². The highest BCUT2D eigenvalue weighted by Crippen LogP contribution is 2.26. The molecular formula is C26H22O10. The molecule has 0 amide bonds. The zero-order valence-corrected chi connectivity index (χ0v) is 19.2. The van der Waals surface area contributed by atoms with E-state index >= 15 is 0 Å². The molecule has 10 heteroatoms. The van der Waals surface area contributed by atoms with Gasteiger partial charge in [-0.1, -0.05) is 25.7 Å². The van der Waals surface area contributed by atoms with Crippen LogP contribution in [-0.2, 0) is 19.1 Å². The maximum Gasteiger partial charge on any atom is 0.347 e. The summed E-state index contributed by atoms with van der Waals surface area (Å²) in [5, 5.41) is 0. The molecule has 2 aromatic rings. The zero-order chi connectivity index (χ0) is 25.7. The Bertz CT molecular complexity index is 1160. The summed E-state index contributed by atoms with van der Waals surface area (Å²) >= 11 is 0. The zero-order valence-electron chi connectivity index (χ0n) is 19.2. The van der Waals surface area contributed by atoms with Gasteiger partial charge in [0.15, 0.2) is 0 Å². The lowest BCUT2D eigenvalue weighted by molar-refractivity contribution is -0.135. The Labute approximate surface area is 205 Å². The van der Waals surface area contributed by atoms with E-state index in [0.29, 0.717) is 12.8 Å². The van der Waals surface area contributed by atoms with E-state index in [1.54, 1.807) is 0 Å². The minimum absolute atomic E-state index is 0.0858. The molecule has 36 heavy (non-hydrogen) atoms. The van der Waals surface area contributed by atoms with Gasteiger partial charge >= 0.3 is 35.8 Å². The predicted octanol–water partition coefficient (Wildman–Crippen LogP) is 3.94. The maximum absolute atomic E-state index is 12.0. The van der Waals surface area contributed by atoms with Crippen molar-refractivity contribution in [1.82, 2.24) is 0 Å². The molecule has 0 radical (unpaired) electrons. The van der Waals surface area contributed by atoms with Crippen LogP contribution in [0.2, 0.25) is 0 Å². The van der Waals surface area contributed by atoms with Crippen molar-refractivity contribution in [2.24, 2.45) is 0 Å². The van der Waals surface area contributed by atoms with Crippen LogP contribution < -0.4 is 9.47 Å². The van der Waals surface area contributed by atoms with Gasteiger partial charge in [0.2, 0.25) is 0 Å². The lowest BCUT2D eigenvalue weighted by Gasteiger charge is -2.06. The molecule has 2 aliphatic heterocycles. The highest BCUT2D eigenvalue weighted by molar-refractivity contribution is 6.15. The monoisotopic (exact) mass is 494 g/mol. The Morgan fingerprint density at radius 2 is 0.889 bits per heavy atom. The first kappa shape index (κ1) is 24.8. The Morgan fingerprint density at radius 3 is 1.31 bits per heavy atom. The molecule has 0 aromatic heterocycles. The van der Waals surface area contributed by atoms with Crippen LogP contribution >= 0.6 is 0 Å². The molecule has 0 spiro atoms. The van der Waals surface area contributed by atoms with Crippen molar-refractivity contribution in [3.05, 3.63) is 58.7 Å². The third-order valence-corrected chi connectivity index (χ3v) is 5.71. The molecular weight excluding hydrogens is 472 g/mol. The molecule has 2 heterocycles. The van der Waals surface area contributed by atoms with Crippen LogP contribution in [0.1, 0.15) is 92.8 Å². The van der Waals surface area contributed by atoms with Gasteiger partial charge in [-0.2, -0.15) is 0 Å². The Balaban J connectivity index is 1.06. The summed E-state index contributed by atoms with van der Waals surface area (Å²) in [6.07, 6.45) is 5.10. The number of ether oxygens (including phenoxy) is 4. The number of hydrogen-bond acceptors (Lipinski definition) is 10. The molecule has 4 rings (SSSR count). The fourth-order valence-corrected chi connectivity index (χ4v) is 3.87. The van der Waals surface area contributed by atoms with E-state index in [1.165, 1.54) is 36.4 Å². The summed E-state index contributed by atoms with van der Waals surface area (Å²) in [6, 6.07) is 8.33. The maximum atomic E-state index is 12.0. The van der Waals surface area contributed by atoms with Gasteiger partial charge in [-0.15, -0.1) is 0 Å². The molecule has 0 fully saturated rings. The highest BCUT2D eigenvalue weighted by Gasteiger charge is 2.31. The number of esters is 6. The number of carbonyl (C=O) groups excluding carboxylic acids is 6. The second-order valence-corrected chi connectivity index (χ2v) is 8.34. The fourth-order valence-electron chi connectivity index (χ4n) is 3.87. The molecule has 2 aromatic carbocycles. The fraction of sp³-hybridized carbons (Fsp3) is 0.308. The molecule has 2 aliphatic rings. The van der Waals surface area contributed by atoms with Crippen molar-refractivity contribution in [2.45, 2.75) is 51.4 Å². The largest absolute Gasteiger partial charge is 0.427 e. The minimum atomic E-state index is -0.756. The lowest BCUT2D eigenvalue weighted by Crippen LogP contribution is -2.08. The summed E-state index contributed by atoms with van der Waals surface area (Å²) in [6.45, 7) is 0. The van der Waals surface area contributed by atoms with Crippen LogP contribution in [0, 0.1) is 0 Å². The SMILES string of the molecule is O=C(CCCCCCCCC(=O)Oc1ccc2c(c1)C(=O)OC2=O)Oc1ccc2c(c1)C(=O)OC2=O. The minimum Gasteiger partial charge on any atom is -0.427 e. The van der Waals surface area contributed by atoms with Gasteiger partial charge in [0, 0.05) is 12.8 Å². The number of cyclic esters (lactones) is 4. The molecule has 0 saturated carbocycles. The van der Waals surface area contributed by atoms with Crippen molar-refractivity contribution in [3.63, 3.8) is 0 Å². The Morgan fingerprint density at radius 1 is 0.528 bits per heavy atom. The number of benzene rings is 2. The van der Waals surface area contributed by atoms with Gasteiger partial charge in [-0.25, -0.2) is 19.2 Å². The summed E-state index contributed by atoms with van der Waals surface area (Å²) in [5.74, 6) is -3.43. The third kappa shape index (κ3) is 5.83. The first-order chi connectivity index (χ1) is 17.3. The third-order valence-electron chi connectivity index (χ3n) is 5.71. The molecule has 0 atom stereocenters. The molecule has 186 valence electrons. The highest BCUT2D eigenvalue weighted by atomic mass is 16.6. The lowest BCUT2D eigenvalue weighted by atomic mass is 10.1. The van der Waals surface area contributed by atoms with E-state index in [2.05, 4.69) is 9.47 Å². The van der Waals surface area contributed by atoms with E-state index in [0.717, 1.165) is 25.7 Å². The number of fused-ring (bicyclic) bond motifs is 2. The second-order valence-electron chi connectivity index (χ2n) is 8.34. The van der Waals surface area contributed by atoms with E-state index in [-0.39, 0.29) is 46.6 Å². The Hall–Kier alpha value is -4.34. The summed E-state index contributed by atoms with van der Waals surface area (Å²) in [5.41, 5.74) is 0.478. The topological polar surface area (TPSA) is 139 Å². The first-order valence-electron chi connectivity index (χ1n) is 11.5. The van der Waals surface area contributed by atoms with Crippen LogP contribution in [0.15, 0.2) is 36.4 Å². The average molecular weight is 494 g/mol. The molecule has 10 nitrogen and oxygen atoms in total. The standard InChI is InChI=1S/C26H22O10/c27-21(33-15-9-11-17-19(13-15)25(31)35-23(17)29)7-5-3-1-2-4-6-8-22(28)34-16-10-12-18-20(14-16)26(32)36-24(18)30/h9-14H,1-8H2. The van der Waals surface area contributed by atoms with Crippen molar-refractivity contribution in [2.75, 3.05) is 0 Å². The summed E-state index contributed by atoms with van der Waals surface area (Å²) in [7, 11) is 0. The quantitative estimate of drug-likeness (QED) is 0.195. The molecule has 0 bridgehead atoms. The van der Waals surface area contributed by atoms with Gasteiger partial charge in [0.05, 0.1) is 22.3 Å². The van der Waals surface area contributed by atoms with Gasteiger partial charge < -0.3 is 18.9 Å².